The van der Waals surface area contributed by atoms with Crippen molar-refractivity contribution in [3.63, 3.8) is 0 Å². The highest BCUT2D eigenvalue weighted by Crippen LogP contribution is 2.32. The smallest absolute Gasteiger partial charge is 0.238 e. The summed E-state index contributed by atoms with van der Waals surface area (Å²) in [7, 11) is 0. The van der Waals surface area contributed by atoms with Crippen molar-refractivity contribution in [1.82, 2.24) is 4.90 Å². The van der Waals surface area contributed by atoms with Gasteiger partial charge in [0.15, 0.2) is 0 Å². The maximum absolute atomic E-state index is 12.1. The van der Waals surface area contributed by atoms with E-state index in [1.54, 1.807) is 0 Å². The Kier molecular flexibility index (Phi) is 5.23. The Labute approximate surface area is 136 Å². The maximum atomic E-state index is 12.1. The van der Waals surface area contributed by atoms with E-state index in [-0.39, 0.29) is 11.9 Å². The van der Waals surface area contributed by atoms with Crippen LogP contribution in [0.4, 0.5) is 5.69 Å². The van der Waals surface area contributed by atoms with E-state index < -0.39 is 0 Å². The van der Waals surface area contributed by atoms with Gasteiger partial charge in [0.1, 0.15) is 0 Å². The summed E-state index contributed by atoms with van der Waals surface area (Å²) in [6, 6.07) is 4.13. The van der Waals surface area contributed by atoms with Crippen LogP contribution in [0.25, 0.3) is 0 Å². The van der Waals surface area contributed by atoms with Crippen molar-refractivity contribution in [2.24, 2.45) is 11.7 Å². The summed E-state index contributed by atoms with van der Waals surface area (Å²) in [5.41, 5.74) is 7.87. The number of nitrogens with zero attached hydrogens (tertiary/aromatic N) is 1. The van der Waals surface area contributed by atoms with Crippen LogP contribution in [-0.2, 0) is 4.79 Å². The summed E-state index contributed by atoms with van der Waals surface area (Å²) in [6.45, 7) is 6.17. The summed E-state index contributed by atoms with van der Waals surface area (Å²) < 4.78 is 1.76. The fourth-order valence-electron chi connectivity index (χ4n) is 2.43. The predicted molar refractivity (Wildman–Crippen MR) is 88.8 cm³/mol. The molecule has 4 nitrogen and oxygen atoms in total. The molecule has 0 bridgehead atoms. The molecule has 0 spiro atoms. The van der Waals surface area contributed by atoms with E-state index >= 15 is 0 Å². The van der Waals surface area contributed by atoms with Crippen LogP contribution in [-0.4, -0.2) is 36.5 Å². The number of carbonyl (C=O) groups excluding carboxylic acids is 1. The second-order valence-corrected chi connectivity index (χ2v) is 7.20. The predicted octanol–water partition coefficient (Wildman–Crippen LogP) is 2.74. The zero-order chi connectivity index (χ0) is 14.9. The summed E-state index contributed by atoms with van der Waals surface area (Å²) in [4.78, 5) is 14.2. The number of nitrogens with two attached hydrogens (primary N) is 1. The lowest BCUT2D eigenvalue weighted by atomic mass is 10.1. The molecule has 1 aliphatic heterocycles. The topological polar surface area (TPSA) is 58.4 Å². The first kappa shape index (κ1) is 15.9. The monoisotopic (exact) mass is 403 g/mol. The molecule has 0 radical (unpaired) electrons. The Hall–Kier alpha value is -0.430. The number of aryl methyl sites for hydroxylation is 1. The third-order valence-corrected chi connectivity index (χ3v) is 4.82. The number of hydrogen-bond donors (Lipinski definition) is 2. The summed E-state index contributed by atoms with van der Waals surface area (Å²) in [5, 5.41) is 2.95. The molecule has 1 aromatic rings. The van der Waals surface area contributed by atoms with Gasteiger partial charge in [0.2, 0.25) is 5.91 Å². The first-order valence-electron chi connectivity index (χ1n) is 6.60. The van der Waals surface area contributed by atoms with E-state index in [1.165, 1.54) is 0 Å². The van der Waals surface area contributed by atoms with E-state index in [1.807, 2.05) is 19.1 Å². The third kappa shape index (κ3) is 3.81. The number of amides is 1. The van der Waals surface area contributed by atoms with Gasteiger partial charge in [-0.15, -0.1) is 0 Å². The van der Waals surface area contributed by atoms with Crippen molar-refractivity contribution in [3.8, 4) is 0 Å². The molecule has 2 rings (SSSR count). The molecule has 2 unspecified atom stereocenters. The molecule has 6 heteroatoms. The van der Waals surface area contributed by atoms with Crippen molar-refractivity contribution in [3.05, 3.63) is 26.6 Å². The van der Waals surface area contributed by atoms with Gasteiger partial charge in [0, 0.05) is 28.1 Å². The largest absolute Gasteiger partial charge is 0.326 e. The fourth-order valence-corrected chi connectivity index (χ4v) is 4.04. The number of nitrogens with one attached hydrogen (secondary N) is 1. The van der Waals surface area contributed by atoms with Crippen LogP contribution in [0.2, 0.25) is 0 Å². The molecule has 3 N–H and O–H groups in total. The number of likely N-dealkylation sites (tertiary alicyclic amines) is 1. The highest BCUT2D eigenvalue weighted by atomic mass is 79.9. The minimum absolute atomic E-state index is 0.0171. The van der Waals surface area contributed by atoms with Gasteiger partial charge < -0.3 is 11.1 Å². The van der Waals surface area contributed by atoms with Crippen LogP contribution in [0, 0.1) is 12.8 Å². The van der Waals surface area contributed by atoms with E-state index in [9.17, 15) is 4.79 Å². The Balaban J connectivity index is 1.99. The molecule has 1 saturated heterocycles. The van der Waals surface area contributed by atoms with Crippen LogP contribution < -0.4 is 11.1 Å². The molecular formula is C14H19Br2N3O. The molecule has 0 saturated carbocycles. The fraction of sp³-hybridized carbons (Fsp3) is 0.500. The van der Waals surface area contributed by atoms with Crippen molar-refractivity contribution in [2.75, 3.05) is 25.0 Å². The number of hydrogen-bond acceptors (Lipinski definition) is 3. The SMILES string of the molecule is Cc1cc(Br)c(NC(=O)CN2CC(C)C(N)C2)c(Br)c1. The lowest BCUT2D eigenvalue weighted by Gasteiger charge is -2.16. The first-order chi connectivity index (χ1) is 9.36. The van der Waals surface area contributed by atoms with Crippen LogP contribution in [0.15, 0.2) is 21.1 Å². The van der Waals surface area contributed by atoms with Crippen LogP contribution in [0.5, 0.6) is 0 Å². The lowest BCUT2D eigenvalue weighted by Crippen LogP contribution is -2.33. The molecule has 1 aliphatic rings. The molecule has 20 heavy (non-hydrogen) atoms. The average Bonchev–Trinajstić information content (AvgIpc) is 2.63. The molecule has 0 aliphatic carbocycles. The highest BCUT2D eigenvalue weighted by molar-refractivity contribution is 9.11. The Morgan fingerprint density at radius 1 is 1.40 bits per heavy atom. The van der Waals surface area contributed by atoms with Gasteiger partial charge in [0.25, 0.3) is 0 Å². The lowest BCUT2D eigenvalue weighted by molar-refractivity contribution is -0.117. The van der Waals surface area contributed by atoms with Crippen LogP contribution in [0.1, 0.15) is 12.5 Å². The highest BCUT2D eigenvalue weighted by Gasteiger charge is 2.27. The van der Waals surface area contributed by atoms with Crippen LogP contribution in [0.3, 0.4) is 0 Å². The van der Waals surface area contributed by atoms with E-state index in [0.29, 0.717) is 12.5 Å². The summed E-state index contributed by atoms with van der Waals surface area (Å²) in [6.07, 6.45) is 0. The van der Waals surface area contributed by atoms with Crippen molar-refractivity contribution in [2.45, 2.75) is 19.9 Å². The van der Waals surface area contributed by atoms with Crippen molar-refractivity contribution in [1.29, 1.82) is 0 Å². The van der Waals surface area contributed by atoms with Gasteiger partial charge in [-0.2, -0.15) is 0 Å². The molecule has 0 aromatic heterocycles. The Bertz CT molecular complexity index is 488. The molecule has 110 valence electrons. The molecule has 1 amide bonds. The average molecular weight is 405 g/mol. The first-order valence-corrected chi connectivity index (χ1v) is 8.19. The Morgan fingerprint density at radius 3 is 2.50 bits per heavy atom. The number of rotatable bonds is 3. The van der Waals surface area contributed by atoms with Gasteiger partial charge >= 0.3 is 0 Å². The van der Waals surface area contributed by atoms with Crippen molar-refractivity contribution >= 4 is 43.5 Å². The van der Waals surface area contributed by atoms with Crippen molar-refractivity contribution < 1.29 is 4.79 Å². The standard InChI is InChI=1S/C14H19Br2N3O/c1-8-3-10(15)14(11(16)4-8)18-13(20)7-19-5-9(2)12(17)6-19/h3-4,9,12H,5-7,17H2,1-2H3,(H,18,20). The minimum atomic E-state index is -0.0171. The molecule has 2 atom stereocenters. The van der Waals surface area contributed by atoms with Gasteiger partial charge in [-0.1, -0.05) is 6.92 Å². The zero-order valence-corrected chi connectivity index (χ0v) is 14.8. The van der Waals surface area contributed by atoms with E-state index in [0.717, 1.165) is 33.3 Å². The molecule has 1 heterocycles. The quantitative estimate of drug-likeness (QED) is 0.814. The maximum Gasteiger partial charge on any atom is 0.238 e. The summed E-state index contributed by atoms with van der Waals surface area (Å²) >= 11 is 6.96. The molecular weight excluding hydrogens is 386 g/mol. The second kappa shape index (κ2) is 6.56. The molecule has 1 fully saturated rings. The normalized spacial score (nSPS) is 23.1. The van der Waals surface area contributed by atoms with Crippen LogP contribution >= 0.6 is 31.9 Å². The van der Waals surface area contributed by atoms with E-state index in [2.05, 4.69) is 49.0 Å². The van der Waals surface area contributed by atoms with Gasteiger partial charge in [-0.3, -0.25) is 9.69 Å². The second-order valence-electron chi connectivity index (χ2n) is 5.49. The number of carbonyl (C=O) groups is 1. The number of halogens is 2. The number of anilines is 1. The third-order valence-electron chi connectivity index (χ3n) is 3.56. The molecule has 1 aromatic carbocycles. The van der Waals surface area contributed by atoms with Gasteiger partial charge in [-0.05, 0) is 62.4 Å². The van der Waals surface area contributed by atoms with Gasteiger partial charge in [-0.25, -0.2) is 0 Å². The minimum Gasteiger partial charge on any atom is -0.326 e. The summed E-state index contributed by atoms with van der Waals surface area (Å²) in [5.74, 6) is 0.428. The number of benzene rings is 1. The van der Waals surface area contributed by atoms with Gasteiger partial charge in [0.05, 0.1) is 12.2 Å². The zero-order valence-electron chi connectivity index (χ0n) is 11.6. The Morgan fingerprint density at radius 2 is 2.00 bits per heavy atom. The van der Waals surface area contributed by atoms with E-state index in [4.69, 9.17) is 5.73 Å².